The molecule has 134 valence electrons. The predicted octanol–water partition coefficient (Wildman–Crippen LogP) is 3.35. The number of amides is 1. The SMILES string of the molecule is COc1ccccc1O[C@@H](C)C(=O)Nc1ccnn1Cc1ccccc1. The van der Waals surface area contributed by atoms with E-state index in [1.54, 1.807) is 43.1 Å². The first-order valence-electron chi connectivity index (χ1n) is 8.33. The number of nitrogens with one attached hydrogen (secondary N) is 1. The van der Waals surface area contributed by atoms with Gasteiger partial charge >= 0.3 is 0 Å². The molecule has 6 nitrogen and oxygen atoms in total. The lowest BCUT2D eigenvalue weighted by Gasteiger charge is -2.17. The van der Waals surface area contributed by atoms with Crippen LogP contribution in [-0.4, -0.2) is 28.9 Å². The van der Waals surface area contributed by atoms with Crippen molar-refractivity contribution in [2.24, 2.45) is 0 Å². The molecule has 0 unspecified atom stereocenters. The Morgan fingerprint density at radius 1 is 1.08 bits per heavy atom. The molecule has 1 aromatic heterocycles. The number of aromatic nitrogens is 2. The second kappa shape index (κ2) is 8.20. The number of carbonyl (C=O) groups excluding carboxylic acids is 1. The number of ether oxygens (including phenoxy) is 2. The van der Waals surface area contributed by atoms with E-state index in [9.17, 15) is 4.79 Å². The highest BCUT2D eigenvalue weighted by Crippen LogP contribution is 2.27. The van der Waals surface area contributed by atoms with Crippen molar-refractivity contribution in [3.05, 3.63) is 72.4 Å². The minimum Gasteiger partial charge on any atom is -0.493 e. The third kappa shape index (κ3) is 4.22. The van der Waals surface area contributed by atoms with Gasteiger partial charge in [0.05, 0.1) is 19.9 Å². The second-order valence-electron chi connectivity index (χ2n) is 5.76. The van der Waals surface area contributed by atoms with Crippen LogP contribution in [0.5, 0.6) is 11.5 Å². The lowest BCUT2D eigenvalue weighted by atomic mass is 10.2. The van der Waals surface area contributed by atoms with Gasteiger partial charge in [0.2, 0.25) is 0 Å². The summed E-state index contributed by atoms with van der Waals surface area (Å²) < 4.78 is 12.7. The van der Waals surface area contributed by atoms with Crippen molar-refractivity contribution in [1.29, 1.82) is 0 Å². The molecule has 1 heterocycles. The number of benzene rings is 2. The molecule has 0 aliphatic rings. The van der Waals surface area contributed by atoms with Crippen molar-refractivity contribution < 1.29 is 14.3 Å². The summed E-state index contributed by atoms with van der Waals surface area (Å²) in [5.74, 6) is 1.47. The summed E-state index contributed by atoms with van der Waals surface area (Å²) >= 11 is 0. The van der Waals surface area contributed by atoms with E-state index in [0.29, 0.717) is 23.9 Å². The number of carbonyl (C=O) groups is 1. The van der Waals surface area contributed by atoms with E-state index in [1.165, 1.54) is 0 Å². The molecule has 0 saturated carbocycles. The summed E-state index contributed by atoms with van der Waals surface area (Å²) in [6.07, 6.45) is 0.969. The van der Waals surface area contributed by atoms with Crippen LogP contribution in [-0.2, 0) is 11.3 Å². The highest BCUT2D eigenvalue weighted by atomic mass is 16.5. The molecule has 0 saturated heterocycles. The largest absolute Gasteiger partial charge is 0.493 e. The van der Waals surface area contributed by atoms with Gasteiger partial charge in [0.25, 0.3) is 5.91 Å². The molecule has 0 spiro atoms. The van der Waals surface area contributed by atoms with Gasteiger partial charge in [-0.05, 0) is 24.6 Å². The van der Waals surface area contributed by atoms with Gasteiger partial charge in [-0.25, -0.2) is 4.68 Å². The number of para-hydroxylation sites is 2. The van der Waals surface area contributed by atoms with Crippen LogP contribution in [0.25, 0.3) is 0 Å². The molecule has 26 heavy (non-hydrogen) atoms. The van der Waals surface area contributed by atoms with Crippen molar-refractivity contribution in [2.75, 3.05) is 12.4 Å². The van der Waals surface area contributed by atoms with Crippen LogP contribution in [0.3, 0.4) is 0 Å². The third-order valence-corrected chi connectivity index (χ3v) is 3.89. The number of hydrogen-bond acceptors (Lipinski definition) is 4. The van der Waals surface area contributed by atoms with Crippen LogP contribution in [0.1, 0.15) is 12.5 Å². The van der Waals surface area contributed by atoms with Crippen LogP contribution in [0.15, 0.2) is 66.9 Å². The van der Waals surface area contributed by atoms with Crippen LogP contribution in [0.4, 0.5) is 5.82 Å². The van der Waals surface area contributed by atoms with E-state index < -0.39 is 6.10 Å². The molecule has 1 atom stereocenters. The Kier molecular flexibility index (Phi) is 5.53. The number of methoxy groups -OCH3 is 1. The van der Waals surface area contributed by atoms with Gasteiger partial charge in [-0.3, -0.25) is 4.79 Å². The summed E-state index contributed by atoms with van der Waals surface area (Å²) in [5.41, 5.74) is 1.10. The molecule has 0 aliphatic heterocycles. The molecule has 6 heteroatoms. The second-order valence-corrected chi connectivity index (χ2v) is 5.76. The molecule has 3 rings (SSSR count). The Balaban J connectivity index is 1.66. The van der Waals surface area contributed by atoms with Gasteiger partial charge in [-0.1, -0.05) is 42.5 Å². The third-order valence-electron chi connectivity index (χ3n) is 3.89. The van der Waals surface area contributed by atoms with Crippen LogP contribution >= 0.6 is 0 Å². The van der Waals surface area contributed by atoms with Gasteiger partial charge in [-0.2, -0.15) is 5.10 Å². The minimum atomic E-state index is -0.689. The Morgan fingerprint density at radius 2 is 1.77 bits per heavy atom. The van der Waals surface area contributed by atoms with E-state index >= 15 is 0 Å². The first kappa shape index (κ1) is 17.5. The molecule has 2 aromatic carbocycles. The quantitative estimate of drug-likeness (QED) is 0.709. The minimum absolute atomic E-state index is 0.259. The summed E-state index contributed by atoms with van der Waals surface area (Å²) in [6, 6.07) is 18.9. The lowest BCUT2D eigenvalue weighted by Crippen LogP contribution is -2.31. The summed E-state index contributed by atoms with van der Waals surface area (Å²) in [4.78, 5) is 12.5. The van der Waals surface area contributed by atoms with E-state index in [1.807, 2.05) is 42.5 Å². The van der Waals surface area contributed by atoms with Gasteiger partial charge in [0, 0.05) is 6.07 Å². The molecular formula is C20H21N3O3. The molecule has 1 N–H and O–H groups in total. The van der Waals surface area contributed by atoms with E-state index in [4.69, 9.17) is 9.47 Å². The van der Waals surface area contributed by atoms with E-state index in [2.05, 4.69) is 10.4 Å². The van der Waals surface area contributed by atoms with Crippen LogP contribution in [0.2, 0.25) is 0 Å². The van der Waals surface area contributed by atoms with Crippen molar-refractivity contribution in [3.63, 3.8) is 0 Å². The Labute approximate surface area is 152 Å². The Bertz CT molecular complexity index is 862. The van der Waals surface area contributed by atoms with Crippen molar-refractivity contribution in [3.8, 4) is 11.5 Å². The fourth-order valence-electron chi connectivity index (χ4n) is 2.51. The zero-order valence-corrected chi connectivity index (χ0v) is 14.8. The average molecular weight is 351 g/mol. The number of rotatable bonds is 7. The summed E-state index contributed by atoms with van der Waals surface area (Å²) in [5, 5.41) is 7.14. The molecule has 0 bridgehead atoms. The maximum Gasteiger partial charge on any atom is 0.266 e. The summed E-state index contributed by atoms with van der Waals surface area (Å²) in [6.45, 7) is 2.27. The fraction of sp³-hybridized carbons (Fsp3) is 0.200. The number of hydrogen-bond donors (Lipinski definition) is 1. The van der Waals surface area contributed by atoms with Gasteiger partial charge < -0.3 is 14.8 Å². The van der Waals surface area contributed by atoms with Gasteiger partial charge in [0.1, 0.15) is 5.82 Å². The van der Waals surface area contributed by atoms with E-state index in [0.717, 1.165) is 5.56 Å². The van der Waals surface area contributed by atoms with Crippen molar-refractivity contribution >= 4 is 11.7 Å². The fourth-order valence-corrected chi connectivity index (χ4v) is 2.51. The first-order chi connectivity index (χ1) is 12.7. The van der Waals surface area contributed by atoms with Crippen molar-refractivity contribution in [2.45, 2.75) is 19.6 Å². The van der Waals surface area contributed by atoms with Crippen LogP contribution < -0.4 is 14.8 Å². The topological polar surface area (TPSA) is 65.4 Å². The standard InChI is InChI=1S/C20H21N3O3/c1-15(26-18-11-7-6-10-17(18)25-2)20(24)22-19-12-13-21-23(19)14-16-8-4-3-5-9-16/h3-13,15H,14H2,1-2H3,(H,22,24)/t15-/m0/s1. The predicted molar refractivity (Wildman–Crippen MR) is 99.5 cm³/mol. The molecular weight excluding hydrogens is 330 g/mol. The molecule has 3 aromatic rings. The van der Waals surface area contributed by atoms with Crippen molar-refractivity contribution in [1.82, 2.24) is 9.78 Å². The zero-order chi connectivity index (χ0) is 18.4. The molecule has 0 radical (unpaired) electrons. The highest BCUT2D eigenvalue weighted by molar-refractivity contribution is 5.93. The smallest absolute Gasteiger partial charge is 0.266 e. The Hall–Kier alpha value is -3.28. The van der Waals surface area contributed by atoms with Crippen LogP contribution in [0, 0.1) is 0 Å². The zero-order valence-electron chi connectivity index (χ0n) is 14.8. The molecule has 1 amide bonds. The van der Waals surface area contributed by atoms with Gasteiger partial charge in [-0.15, -0.1) is 0 Å². The monoisotopic (exact) mass is 351 g/mol. The number of anilines is 1. The van der Waals surface area contributed by atoms with E-state index in [-0.39, 0.29) is 5.91 Å². The molecule has 0 fully saturated rings. The first-order valence-corrected chi connectivity index (χ1v) is 8.33. The molecule has 0 aliphatic carbocycles. The maximum atomic E-state index is 12.5. The number of nitrogens with zero attached hydrogens (tertiary/aromatic N) is 2. The summed E-state index contributed by atoms with van der Waals surface area (Å²) in [7, 11) is 1.56. The van der Waals surface area contributed by atoms with Gasteiger partial charge in [0.15, 0.2) is 17.6 Å². The lowest BCUT2D eigenvalue weighted by molar-refractivity contribution is -0.122. The normalized spacial score (nSPS) is 11.6. The Morgan fingerprint density at radius 3 is 2.50 bits per heavy atom. The highest BCUT2D eigenvalue weighted by Gasteiger charge is 2.18. The average Bonchev–Trinajstić information content (AvgIpc) is 3.09. The maximum absolute atomic E-state index is 12.5.